The average Bonchev–Trinajstić information content (AvgIpc) is 2.41. The van der Waals surface area contributed by atoms with Gasteiger partial charge in [0.2, 0.25) is 0 Å². The maximum Gasteiger partial charge on any atom is 0.306 e. The van der Waals surface area contributed by atoms with Gasteiger partial charge in [-0.1, -0.05) is 0 Å². The van der Waals surface area contributed by atoms with Gasteiger partial charge < -0.3 is 19.7 Å². The SMILES string of the molecule is CC(C)(C)OC(=O)CCCOc1cc(CO)nc(CO)c1. The summed E-state index contributed by atoms with van der Waals surface area (Å²) in [6, 6.07) is 3.21. The molecule has 2 N–H and O–H groups in total. The standard InChI is InChI=1S/C15H23NO5/c1-15(2,3)21-14(19)5-4-6-20-13-7-11(9-17)16-12(8-13)10-18/h7-8,17-18H,4-6,9-10H2,1-3H3. The molecular weight excluding hydrogens is 274 g/mol. The molecule has 0 unspecified atom stereocenters. The monoisotopic (exact) mass is 297 g/mol. The van der Waals surface area contributed by atoms with Crippen molar-refractivity contribution in [2.24, 2.45) is 0 Å². The van der Waals surface area contributed by atoms with Crippen LogP contribution in [0.1, 0.15) is 45.0 Å². The summed E-state index contributed by atoms with van der Waals surface area (Å²) in [5, 5.41) is 18.1. The molecule has 0 aromatic carbocycles. The van der Waals surface area contributed by atoms with Crippen LogP contribution in [0.2, 0.25) is 0 Å². The molecule has 0 bridgehead atoms. The molecule has 6 nitrogen and oxygen atoms in total. The molecule has 0 fully saturated rings. The van der Waals surface area contributed by atoms with Crippen LogP contribution in [0.4, 0.5) is 0 Å². The van der Waals surface area contributed by atoms with E-state index in [9.17, 15) is 4.79 Å². The number of ether oxygens (including phenoxy) is 2. The van der Waals surface area contributed by atoms with E-state index in [-0.39, 0.29) is 25.6 Å². The number of rotatable bonds is 7. The van der Waals surface area contributed by atoms with Crippen LogP contribution in [0, 0.1) is 0 Å². The second-order valence-corrected chi connectivity index (χ2v) is 5.64. The first-order valence-corrected chi connectivity index (χ1v) is 6.90. The Kier molecular flexibility index (Phi) is 6.58. The van der Waals surface area contributed by atoms with Crippen molar-refractivity contribution in [3.63, 3.8) is 0 Å². The van der Waals surface area contributed by atoms with Crippen LogP contribution in [0.3, 0.4) is 0 Å². The summed E-state index contributed by atoms with van der Waals surface area (Å²) < 4.78 is 10.7. The lowest BCUT2D eigenvalue weighted by Crippen LogP contribution is -2.23. The van der Waals surface area contributed by atoms with E-state index in [0.29, 0.717) is 30.2 Å². The second kappa shape index (κ2) is 7.95. The van der Waals surface area contributed by atoms with Crippen molar-refractivity contribution in [1.82, 2.24) is 4.98 Å². The fraction of sp³-hybridized carbons (Fsp3) is 0.600. The van der Waals surface area contributed by atoms with Gasteiger partial charge in [-0.05, 0) is 27.2 Å². The van der Waals surface area contributed by atoms with Crippen molar-refractivity contribution in [2.75, 3.05) is 6.61 Å². The maximum absolute atomic E-state index is 11.5. The van der Waals surface area contributed by atoms with Crippen molar-refractivity contribution in [2.45, 2.75) is 52.4 Å². The highest BCUT2D eigenvalue weighted by Crippen LogP contribution is 2.15. The van der Waals surface area contributed by atoms with Crippen molar-refractivity contribution < 1.29 is 24.5 Å². The van der Waals surface area contributed by atoms with Gasteiger partial charge in [-0.15, -0.1) is 0 Å². The van der Waals surface area contributed by atoms with Gasteiger partial charge in [0.25, 0.3) is 0 Å². The summed E-state index contributed by atoms with van der Waals surface area (Å²) in [6.45, 7) is 5.38. The zero-order valence-corrected chi connectivity index (χ0v) is 12.8. The van der Waals surface area contributed by atoms with Crippen LogP contribution < -0.4 is 4.74 Å². The van der Waals surface area contributed by atoms with E-state index in [2.05, 4.69) is 4.98 Å². The molecule has 0 aliphatic heterocycles. The van der Waals surface area contributed by atoms with Gasteiger partial charge in [0.15, 0.2) is 0 Å². The molecule has 6 heteroatoms. The van der Waals surface area contributed by atoms with Crippen molar-refractivity contribution in [3.8, 4) is 5.75 Å². The fourth-order valence-corrected chi connectivity index (χ4v) is 1.66. The smallest absolute Gasteiger partial charge is 0.306 e. The Balaban J connectivity index is 2.40. The Morgan fingerprint density at radius 1 is 1.19 bits per heavy atom. The van der Waals surface area contributed by atoms with Gasteiger partial charge in [0, 0.05) is 18.6 Å². The molecule has 0 aliphatic carbocycles. The largest absolute Gasteiger partial charge is 0.493 e. The Morgan fingerprint density at radius 2 is 1.76 bits per heavy atom. The molecule has 118 valence electrons. The van der Waals surface area contributed by atoms with E-state index in [4.69, 9.17) is 19.7 Å². The summed E-state index contributed by atoms with van der Waals surface area (Å²) in [5.41, 5.74) is 0.391. The van der Waals surface area contributed by atoms with Crippen molar-refractivity contribution in [3.05, 3.63) is 23.5 Å². The fourth-order valence-electron chi connectivity index (χ4n) is 1.66. The average molecular weight is 297 g/mol. The highest BCUT2D eigenvalue weighted by molar-refractivity contribution is 5.69. The number of esters is 1. The molecule has 0 atom stereocenters. The highest BCUT2D eigenvalue weighted by atomic mass is 16.6. The quantitative estimate of drug-likeness (QED) is 0.586. The number of carbonyl (C=O) groups is 1. The van der Waals surface area contributed by atoms with Gasteiger partial charge in [-0.3, -0.25) is 9.78 Å². The molecule has 1 aromatic rings. The summed E-state index contributed by atoms with van der Waals surface area (Å²) in [7, 11) is 0. The van der Waals surface area contributed by atoms with Crippen molar-refractivity contribution >= 4 is 5.97 Å². The number of hydrogen-bond acceptors (Lipinski definition) is 6. The number of hydrogen-bond donors (Lipinski definition) is 2. The van der Waals surface area contributed by atoms with E-state index < -0.39 is 5.60 Å². The van der Waals surface area contributed by atoms with Crippen LogP contribution in [-0.4, -0.2) is 33.4 Å². The predicted octanol–water partition coefficient (Wildman–Crippen LogP) is 1.57. The Hall–Kier alpha value is -1.66. The number of nitrogens with zero attached hydrogens (tertiary/aromatic N) is 1. The molecule has 0 saturated carbocycles. The molecular formula is C15H23NO5. The third kappa shape index (κ3) is 7.06. The summed E-state index contributed by atoms with van der Waals surface area (Å²) in [4.78, 5) is 15.5. The van der Waals surface area contributed by atoms with Crippen LogP contribution in [0.15, 0.2) is 12.1 Å². The number of carbonyl (C=O) groups excluding carboxylic acids is 1. The second-order valence-electron chi connectivity index (χ2n) is 5.64. The first-order valence-electron chi connectivity index (χ1n) is 6.90. The minimum Gasteiger partial charge on any atom is -0.493 e. The molecule has 1 rings (SSSR count). The number of aliphatic hydroxyl groups excluding tert-OH is 2. The van der Waals surface area contributed by atoms with E-state index >= 15 is 0 Å². The topological polar surface area (TPSA) is 88.9 Å². The predicted molar refractivity (Wildman–Crippen MR) is 76.7 cm³/mol. The molecule has 1 aromatic heterocycles. The lowest BCUT2D eigenvalue weighted by Gasteiger charge is -2.19. The number of aliphatic hydroxyl groups is 2. The Morgan fingerprint density at radius 3 is 2.24 bits per heavy atom. The molecule has 0 saturated heterocycles. The lowest BCUT2D eigenvalue weighted by molar-refractivity contribution is -0.155. The van der Waals surface area contributed by atoms with E-state index in [1.54, 1.807) is 12.1 Å². The summed E-state index contributed by atoms with van der Waals surface area (Å²) >= 11 is 0. The lowest BCUT2D eigenvalue weighted by atomic mass is 10.2. The van der Waals surface area contributed by atoms with E-state index in [1.807, 2.05) is 20.8 Å². The molecule has 0 spiro atoms. The van der Waals surface area contributed by atoms with Crippen LogP contribution in [-0.2, 0) is 22.7 Å². The normalized spacial score (nSPS) is 11.3. The molecule has 0 aliphatic rings. The van der Waals surface area contributed by atoms with E-state index in [1.165, 1.54) is 0 Å². The first kappa shape index (κ1) is 17.4. The zero-order valence-electron chi connectivity index (χ0n) is 12.8. The van der Waals surface area contributed by atoms with Crippen LogP contribution in [0.5, 0.6) is 5.75 Å². The van der Waals surface area contributed by atoms with Gasteiger partial charge in [0.1, 0.15) is 11.4 Å². The minimum atomic E-state index is -0.477. The molecule has 0 radical (unpaired) electrons. The van der Waals surface area contributed by atoms with Gasteiger partial charge in [-0.25, -0.2) is 0 Å². The molecule has 0 amide bonds. The van der Waals surface area contributed by atoms with Gasteiger partial charge in [0.05, 0.1) is 31.2 Å². The number of pyridine rings is 1. The first-order chi connectivity index (χ1) is 9.84. The molecule has 21 heavy (non-hydrogen) atoms. The Bertz CT molecular complexity index is 445. The van der Waals surface area contributed by atoms with Crippen molar-refractivity contribution in [1.29, 1.82) is 0 Å². The zero-order chi connectivity index (χ0) is 15.9. The summed E-state index contributed by atoms with van der Waals surface area (Å²) in [6.07, 6.45) is 0.808. The van der Waals surface area contributed by atoms with Crippen LogP contribution >= 0.6 is 0 Å². The third-order valence-electron chi connectivity index (χ3n) is 2.44. The number of aromatic nitrogens is 1. The Labute approximate surface area is 124 Å². The van der Waals surface area contributed by atoms with Crippen LogP contribution in [0.25, 0.3) is 0 Å². The third-order valence-corrected chi connectivity index (χ3v) is 2.44. The summed E-state index contributed by atoms with van der Waals surface area (Å²) in [5.74, 6) is 0.259. The van der Waals surface area contributed by atoms with E-state index in [0.717, 1.165) is 0 Å². The molecule has 1 heterocycles. The van der Waals surface area contributed by atoms with Gasteiger partial charge >= 0.3 is 5.97 Å². The van der Waals surface area contributed by atoms with Gasteiger partial charge in [-0.2, -0.15) is 0 Å². The maximum atomic E-state index is 11.5. The highest BCUT2D eigenvalue weighted by Gasteiger charge is 2.15. The minimum absolute atomic E-state index is 0.220.